The van der Waals surface area contributed by atoms with Crippen LogP contribution in [0.4, 0.5) is 15.8 Å². The second-order valence-electron chi connectivity index (χ2n) is 8.08. The van der Waals surface area contributed by atoms with Crippen LogP contribution in [0, 0.1) is 17.1 Å². The van der Waals surface area contributed by atoms with Crippen molar-refractivity contribution in [1.82, 2.24) is 0 Å². The molecule has 0 fully saturated rings. The molecule has 0 aliphatic heterocycles. The lowest BCUT2D eigenvalue weighted by molar-refractivity contribution is 0.279. The topological polar surface area (TPSA) is 66.6 Å². The van der Waals surface area contributed by atoms with Gasteiger partial charge in [0.2, 0.25) is 0 Å². The SMILES string of the molecule is COc1cccc(/C=C/C=Nc2ccccc2NCc2ccc(C#N)cc2)c1OCc1ccccc1F. The second-order valence-corrected chi connectivity index (χ2v) is 8.08. The van der Waals surface area contributed by atoms with E-state index >= 15 is 0 Å². The first kappa shape index (κ1) is 25.2. The first-order valence-corrected chi connectivity index (χ1v) is 11.7. The van der Waals surface area contributed by atoms with Crippen LogP contribution in [0.2, 0.25) is 0 Å². The quantitative estimate of drug-likeness (QED) is 0.236. The average Bonchev–Trinajstić information content (AvgIpc) is 2.94. The van der Waals surface area contributed by atoms with Gasteiger partial charge in [-0.05, 0) is 54.1 Å². The van der Waals surface area contributed by atoms with E-state index in [4.69, 9.17) is 14.7 Å². The second kappa shape index (κ2) is 12.7. The molecule has 6 heteroatoms. The number of aliphatic imine (C=N–C) groups is 1. The van der Waals surface area contributed by atoms with Crippen molar-refractivity contribution in [3.05, 3.63) is 125 Å². The van der Waals surface area contributed by atoms with Gasteiger partial charge >= 0.3 is 0 Å². The van der Waals surface area contributed by atoms with Gasteiger partial charge in [0.25, 0.3) is 0 Å². The molecule has 0 radical (unpaired) electrons. The summed E-state index contributed by atoms with van der Waals surface area (Å²) in [7, 11) is 1.57. The van der Waals surface area contributed by atoms with Crippen LogP contribution in [0.3, 0.4) is 0 Å². The minimum atomic E-state index is -0.312. The highest BCUT2D eigenvalue weighted by atomic mass is 19.1. The van der Waals surface area contributed by atoms with Crippen LogP contribution in [-0.2, 0) is 13.2 Å². The lowest BCUT2D eigenvalue weighted by Crippen LogP contribution is -2.01. The third-order valence-corrected chi connectivity index (χ3v) is 5.60. The predicted molar refractivity (Wildman–Crippen MR) is 146 cm³/mol. The number of nitriles is 1. The molecular weight excluding hydrogens is 465 g/mol. The molecule has 184 valence electrons. The first-order valence-electron chi connectivity index (χ1n) is 11.7. The summed E-state index contributed by atoms with van der Waals surface area (Å²) in [6.45, 7) is 0.695. The van der Waals surface area contributed by atoms with Crippen molar-refractivity contribution in [1.29, 1.82) is 5.26 Å². The summed E-state index contributed by atoms with van der Waals surface area (Å²) in [4.78, 5) is 4.60. The van der Waals surface area contributed by atoms with Gasteiger partial charge in [0.1, 0.15) is 12.4 Å². The number of halogens is 1. The van der Waals surface area contributed by atoms with Gasteiger partial charge in [0.15, 0.2) is 11.5 Å². The molecule has 5 nitrogen and oxygen atoms in total. The summed E-state index contributed by atoms with van der Waals surface area (Å²) in [5, 5.41) is 12.4. The van der Waals surface area contributed by atoms with E-state index in [9.17, 15) is 4.39 Å². The van der Waals surface area contributed by atoms with E-state index in [1.807, 2.05) is 60.7 Å². The lowest BCUT2D eigenvalue weighted by atomic mass is 10.1. The summed E-state index contributed by atoms with van der Waals surface area (Å²) >= 11 is 0. The summed E-state index contributed by atoms with van der Waals surface area (Å²) in [6, 6.07) is 29.5. The molecule has 0 saturated heterocycles. The maximum absolute atomic E-state index is 14.0. The fraction of sp³-hybridized carbons (Fsp3) is 0.0968. The van der Waals surface area contributed by atoms with Gasteiger partial charge in [-0.25, -0.2) is 4.39 Å². The molecule has 4 aromatic carbocycles. The molecule has 1 N–H and O–H groups in total. The minimum Gasteiger partial charge on any atom is -0.493 e. The Labute approximate surface area is 216 Å². The Kier molecular flexibility index (Phi) is 8.66. The van der Waals surface area contributed by atoms with Gasteiger partial charge in [-0.15, -0.1) is 0 Å². The van der Waals surface area contributed by atoms with Crippen molar-refractivity contribution in [2.24, 2.45) is 4.99 Å². The van der Waals surface area contributed by atoms with Crippen LogP contribution >= 0.6 is 0 Å². The zero-order valence-electron chi connectivity index (χ0n) is 20.4. The molecule has 0 atom stereocenters. The Morgan fingerprint density at radius 1 is 0.946 bits per heavy atom. The molecule has 0 heterocycles. The van der Waals surface area contributed by atoms with Crippen molar-refractivity contribution in [3.63, 3.8) is 0 Å². The van der Waals surface area contributed by atoms with Crippen LogP contribution in [-0.4, -0.2) is 13.3 Å². The van der Waals surface area contributed by atoms with Crippen molar-refractivity contribution >= 4 is 23.7 Å². The summed E-state index contributed by atoms with van der Waals surface area (Å²) < 4.78 is 25.5. The van der Waals surface area contributed by atoms with Gasteiger partial charge in [-0.1, -0.05) is 54.6 Å². The maximum atomic E-state index is 14.0. The number of allylic oxidation sites excluding steroid dienone is 1. The Balaban J connectivity index is 1.45. The molecular formula is C31H26FN3O2. The Morgan fingerprint density at radius 2 is 1.73 bits per heavy atom. The molecule has 4 rings (SSSR count). The van der Waals surface area contributed by atoms with Gasteiger partial charge in [-0.3, -0.25) is 4.99 Å². The van der Waals surface area contributed by atoms with E-state index in [1.165, 1.54) is 6.07 Å². The molecule has 0 bridgehead atoms. The van der Waals surface area contributed by atoms with E-state index in [2.05, 4.69) is 16.4 Å². The standard InChI is InChI=1S/C31H26FN3O2/c1-36-30-14-6-9-25(31(30)37-22-26-8-2-3-11-27(26)32)10-7-19-34-28-12-4-5-13-29(28)35-21-24-17-15-23(20-33)16-18-24/h2-19,35H,21-22H2,1H3/b10-7+,34-19?. The molecule has 0 spiro atoms. The fourth-order valence-corrected chi connectivity index (χ4v) is 3.64. The van der Waals surface area contributed by atoms with E-state index in [0.29, 0.717) is 29.2 Å². The largest absolute Gasteiger partial charge is 0.493 e. The summed E-state index contributed by atoms with van der Waals surface area (Å²) in [5.41, 5.74) is 4.65. The fourth-order valence-electron chi connectivity index (χ4n) is 3.64. The zero-order chi connectivity index (χ0) is 25.9. The number of benzene rings is 4. The molecule has 0 amide bonds. The third-order valence-electron chi connectivity index (χ3n) is 5.60. The summed E-state index contributed by atoms with van der Waals surface area (Å²) in [6.07, 6.45) is 5.40. The highest BCUT2D eigenvalue weighted by Gasteiger charge is 2.10. The number of anilines is 1. The number of hydrogen-bond acceptors (Lipinski definition) is 5. The molecule has 4 aromatic rings. The first-order chi connectivity index (χ1) is 18.2. The average molecular weight is 492 g/mol. The number of methoxy groups -OCH3 is 1. The van der Waals surface area contributed by atoms with Gasteiger partial charge in [0.05, 0.1) is 30.1 Å². The Bertz CT molecular complexity index is 1440. The Morgan fingerprint density at radius 3 is 2.51 bits per heavy atom. The number of para-hydroxylation sites is 3. The Hall–Kier alpha value is -4.89. The highest BCUT2D eigenvalue weighted by molar-refractivity contribution is 5.83. The normalized spacial score (nSPS) is 10.9. The number of hydrogen-bond donors (Lipinski definition) is 1. The molecule has 0 aliphatic carbocycles. The molecule has 0 aliphatic rings. The smallest absolute Gasteiger partial charge is 0.168 e. The number of nitrogens with one attached hydrogen (secondary N) is 1. The zero-order valence-corrected chi connectivity index (χ0v) is 20.4. The van der Waals surface area contributed by atoms with Crippen LogP contribution in [0.15, 0.2) is 102 Å². The highest BCUT2D eigenvalue weighted by Crippen LogP contribution is 2.33. The predicted octanol–water partition coefficient (Wildman–Crippen LogP) is 7.31. The number of ether oxygens (including phenoxy) is 2. The molecule has 0 unspecified atom stereocenters. The van der Waals surface area contributed by atoms with E-state index < -0.39 is 0 Å². The van der Waals surface area contributed by atoms with Gasteiger partial charge in [-0.2, -0.15) is 5.26 Å². The van der Waals surface area contributed by atoms with Crippen LogP contribution in [0.1, 0.15) is 22.3 Å². The van der Waals surface area contributed by atoms with Crippen molar-refractivity contribution in [2.45, 2.75) is 13.2 Å². The lowest BCUT2D eigenvalue weighted by Gasteiger charge is -2.13. The number of nitrogens with zero attached hydrogens (tertiary/aromatic N) is 2. The van der Waals surface area contributed by atoms with Gasteiger partial charge in [0, 0.05) is 23.9 Å². The van der Waals surface area contributed by atoms with E-state index in [1.54, 1.807) is 49.7 Å². The van der Waals surface area contributed by atoms with E-state index in [0.717, 1.165) is 22.5 Å². The molecule has 0 saturated carbocycles. The van der Waals surface area contributed by atoms with Crippen molar-refractivity contribution in [3.8, 4) is 17.6 Å². The summed E-state index contributed by atoms with van der Waals surface area (Å²) in [5.74, 6) is 0.781. The number of rotatable bonds is 10. The van der Waals surface area contributed by atoms with E-state index in [-0.39, 0.29) is 12.4 Å². The van der Waals surface area contributed by atoms with Crippen LogP contribution in [0.5, 0.6) is 11.5 Å². The minimum absolute atomic E-state index is 0.0836. The van der Waals surface area contributed by atoms with Gasteiger partial charge < -0.3 is 14.8 Å². The third kappa shape index (κ3) is 6.83. The monoisotopic (exact) mass is 491 g/mol. The van der Waals surface area contributed by atoms with Crippen molar-refractivity contribution in [2.75, 3.05) is 12.4 Å². The van der Waals surface area contributed by atoms with Crippen LogP contribution in [0.25, 0.3) is 6.08 Å². The van der Waals surface area contributed by atoms with Crippen molar-refractivity contribution < 1.29 is 13.9 Å². The maximum Gasteiger partial charge on any atom is 0.168 e. The molecule has 0 aromatic heterocycles. The van der Waals surface area contributed by atoms with Crippen LogP contribution < -0.4 is 14.8 Å². The molecule has 37 heavy (non-hydrogen) atoms.